The minimum absolute atomic E-state index is 0.0348. The van der Waals surface area contributed by atoms with Crippen molar-refractivity contribution in [1.29, 1.82) is 0 Å². The third-order valence-corrected chi connectivity index (χ3v) is 5.12. The number of aliphatic carboxylic acids is 1. The molecule has 22 heavy (non-hydrogen) atoms. The maximum absolute atomic E-state index is 12.4. The number of hydrogen-bond donors (Lipinski definition) is 1. The van der Waals surface area contributed by atoms with Crippen LogP contribution in [0.25, 0.3) is 6.08 Å². The Balaban J connectivity index is 2.15. The van der Waals surface area contributed by atoms with Gasteiger partial charge < -0.3 is 9.67 Å². The Bertz CT molecular complexity index is 677. The maximum Gasteiger partial charge on any atom is 0.303 e. The average molecular weight is 338 g/mol. The van der Waals surface area contributed by atoms with Crippen molar-refractivity contribution >= 4 is 46.3 Å². The Hall–Kier alpha value is -1.60. The van der Waals surface area contributed by atoms with Gasteiger partial charge in [-0.05, 0) is 38.0 Å². The van der Waals surface area contributed by atoms with E-state index in [0.29, 0.717) is 22.2 Å². The highest BCUT2D eigenvalue weighted by atomic mass is 32.2. The van der Waals surface area contributed by atoms with Crippen molar-refractivity contribution in [3.63, 3.8) is 0 Å². The van der Waals surface area contributed by atoms with Gasteiger partial charge in [0.05, 0.1) is 4.91 Å². The molecule has 1 aliphatic rings. The molecule has 0 aromatic carbocycles. The van der Waals surface area contributed by atoms with Crippen molar-refractivity contribution in [2.75, 3.05) is 6.54 Å². The van der Waals surface area contributed by atoms with E-state index in [1.807, 2.05) is 33.0 Å². The monoisotopic (exact) mass is 338 g/mol. The highest BCUT2D eigenvalue weighted by Gasteiger charge is 2.31. The van der Waals surface area contributed by atoms with Gasteiger partial charge in [0.25, 0.3) is 5.91 Å². The summed E-state index contributed by atoms with van der Waals surface area (Å²) in [6, 6.07) is 2.03. The first-order valence-corrected chi connectivity index (χ1v) is 8.14. The van der Waals surface area contributed by atoms with Gasteiger partial charge in [-0.2, -0.15) is 0 Å². The fourth-order valence-electron chi connectivity index (χ4n) is 2.25. The summed E-state index contributed by atoms with van der Waals surface area (Å²) in [4.78, 5) is 25.0. The lowest BCUT2D eigenvalue weighted by Crippen LogP contribution is -2.29. The predicted molar refractivity (Wildman–Crippen MR) is 91.6 cm³/mol. The largest absolute Gasteiger partial charge is 0.481 e. The number of thiocarbonyl (C=S) groups is 1. The quantitative estimate of drug-likeness (QED) is 0.661. The van der Waals surface area contributed by atoms with Crippen LogP contribution in [0.1, 0.15) is 29.8 Å². The van der Waals surface area contributed by atoms with Gasteiger partial charge in [-0.15, -0.1) is 0 Å². The Labute approximate surface area is 139 Å². The molecule has 1 aliphatic heterocycles. The first kappa shape index (κ1) is 16.8. The van der Waals surface area contributed by atoms with Crippen LogP contribution in [0.2, 0.25) is 0 Å². The highest BCUT2D eigenvalue weighted by Crippen LogP contribution is 2.33. The van der Waals surface area contributed by atoms with Gasteiger partial charge in [0.1, 0.15) is 4.32 Å². The van der Waals surface area contributed by atoms with Crippen LogP contribution in [-0.4, -0.2) is 37.3 Å². The van der Waals surface area contributed by atoms with Crippen molar-refractivity contribution in [2.45, 2.75) is 26.7 Å². The molecule has 118 valence electrons. The summed E-state index contributed by atoms with van der Waals surface area (Å²) < 4.78 is 2.56. The van der Waals surface area contributed by atoms with Crippen molar-refractivity contribution < 1.29 is 14.7 Å². The summed E-state index contributed by atoms with van der Waals surface area (Å²) in [5.41, 5.74) is 3.22. The van der Waals surface area contributed by atoms with Crippen LogP contribution in [0.4, 0.5) is 0 Å². The van der Waals surface area contributed by atoms with Crippen molar-refractivity contribution in [1.82, 2.24) is 9.47 Å². The molecule has 1 fully saturated rings. The fraction of sp³-hybridized carbons (Fsp3) is 0.400. The van der Waals surface area contributed by atoms with Crippen LogP contribution >= 0.6 is 24.0 Å². The third-order valence-electron chi connectivity index (χ3n) is 3.75. The molecule has 0 unspecified atom stereocenters. The first-order chi connectivity index (χ1) is 10.3. The second-order valence-electron chi connectivity index (χ2n) is 5.22. The number of aryl methyl sites for hydroxylation is 1. The molecule has 2 heterocycles. The Morgan fingerprint density at radius 1 is 1.45 bits per heavy atom. The van der Waals surface area contributed by atoms with E-state index in [1.165, 1.54) is 16.7 Å². The minimum Gasteiger partial charge on any atom is -0.481 e. The molecule has 1 aromatic rings. The number of amides is 1. The van der Waals surface area contributed by atoms with Crippen molar-refractivity contribution in [3.8, 4) is 0 Å². The van der Waals surface area contributed by atoms with Crippen molar-refractivity contribution in [2.24, 2.45) is 7.05 Å². The molecule has 0 saturated carbocycles. The van der Waals surface area contributed by atoms with Crippen LogP contribution in [-0.2, 0) is 16.6 Å². The van der Waals surface area contributed by atoms with Crippen molar-refractivity contribution in [3.05, 3.63) is 27.9 Å². The van der Waals surface area contributed by atoms with Gasteiger partial charge in [0.2, 0.25) is 0 Å². The van der Waals surface area contributed by atoms with Crippen LogP contribution in [0.15, 0.2) is 11.0 Å². The number of carboxylic acids is 1. The minimum atomic E-state index is -0.864. The number of carbonyl (C=O) groups excluding carboxylic acids is 1. The summed E-state index contributed by atoms with van der Waals surface area (Å²) in [6.45, 7) is 4.37. The zero-order valence-corrected chi connectivity index (χ0v) is 14.4. The zero-order valence-electron chi connectivity index (χ0n) is 12.8. The molecule has 1 aromatic heterocycles. The molecule has 0 aliphatic carbocycles. The topological polar surface area (TPSA) is 62.5 Å². The summed E-state index contributed by atoms with van der Waals surface area (Å²) in [7, 11) is 1.99. The molecule has 0 radical (unpaired) electrons. The van der Waals surface area contributed by atoms with Crippen LogP contribution < -0.4 is 0 Å². The van der Waals surface area contributed by atoms with Gasteiger partial charge in [0.15, 0.2) is 0 Å². The van der Waals surface area contributed by atoms with E-state index >= 15 is 0 Å². The molecule has 0 bridgehead atoms. The summed E-state index contributed by atoms with van der Waals surface area (Å²) in [5.74, 6) is -1.00. The molecule has 0 spiro atoms. The van der Waals surface area contributed by atoms with Crippen LogP contribution in [0.5, 0.6) is 0 Å². The van der Waals surface area contributed by atoms with E-state index in [1.54, 1.807) is 0 Å². The lowest BCUT2D eigenvalue weighted by Gasteiger charge is -2.13. The maximum atomic E-state index is 12.4. The van der Waals surface area contributed by atoms with Crippen LogP contribution in [0.3, 0.4) is 0 Å². The SMILES string of the molecule is Cc1cc(/C=C2\SC(=S)N(CCCC(=O)O)C2=O)c(C)n1C. The van der Waals surface area contributed by atoms with Gasteiger partial charge in [0, 0.05) is 31.4 Å². The molecule has 1 amide bonds. The van der Waals surface area contributed by atoms with E-state index < -0.39 is 5.97 Å². The second kappa shape index (κ2) is 6.66. The van der Waals surface area contributed by atoms with E-state index in [0.717, 1.165) is 17.0 Å². The number of aromatic nitrogens is 1. The molecule has 7 heteroatoms. The van der Waals surface area contributed by atoms with Gasteiger partial charge >= 0.3 is 5.97 Å². The Kier molecular flexibility index (Phi) is 5.08. The van der Waals surface area contributed by atoms with E-state index in [2.05, 4.69) is 4.57 Å². The molecular weight excluding hydrogens is 320 g/mol. The molecule has 1 saturated heterocycles. The third kappa shape index (κ3) is 3.41. The molecule has 1 N–H and O–H groups in total. The summed E-state index contributed by atoms with van der Waals surface area (Å²) >= 11 is 6.50. The Morgan fingerprint density at radius 3 is 2.68 bits per heavy atom. The lowest BCUT2D eigenvalue weighted by atomic mass is 10.2. The molecule has 5 nitrogen and oxygen atoms in total. The number of rotatable bonds is 5. The average Bonchev–Trinajstić information content (AvgIpc) is 2.84. The van der Waals surface area contributed by atoms with Gasteiger partial charge in [-0.1, -0.05) is 24.0 Å². The standard InChI is InChI=1S/C15H18N2O3S2/c1-9-7-11(10(2)16(9)3)8-12-14(20)17(15(21)22-12)6-4-5-13(18)19/h7-8H,4-6H2,1-3H3,(H,18,19)/b12-8-. The molecular formula is C15H18N2O3S2. The fourth-order valence-corrected chi connectivity index (χ4v) is 3.55. The van der Waals surface area contributed by atoms with Gasteiger partial charge in [-0.3, -0.25) is 14.5 Å². The number of thioether (sulfide) groups is 1. The van der Waals surface area contributed by atoms with E-state index in [-0.39, 0.29) is 12.3 Å². The summed E-state index contributed by atoms with van der Waals surface area (Å²) in [5, 5.41) is 8.67. The molecule has 0 atom stereocenters. The lowest BCUT2D eigenvalue weighted by molar-refractivity contribution is -0.137. The predicted octanol–water partition coefficient (Wildman–Crippen LogP) is 2.71. The van der Waals surface area contributed by atoms with E-state index in [9.17, 15) is 9.59 Å². The van der Waals surface area contributed by atoms with E-state index in [4.69, 9.17) is 17.3 Å². The summed E-state index contributed by atoms with van der Waals surface area (Å²) in [6.07, 6.45) is 2.30. The smallest absolute Gasteiger partial charge is 0.303 e. The normalized spacial score (nSPS) is 16.9. The molecule has 2 rings (SSSR count). The van der Waals surface area contributed by atoms with Gasteiger partial charge in [-0.25, -0.2) is 0 Å². The Morgan fingerprint density at radius 2 is 2.14 bits per heavy atom. The number of nitrogens with zero attached hydrogens (tertiary/aromatic N) is 2. The second-order valence-corrected chi connectivity index (χ2v) is 6.89. The number of carboxylic acid groups (broad SMARTS) is 1. The highest BCUT2D eigenvalue weighted by molar-refractivity contribution is 8.26. The number of hydrogen-bond acceptors (Lipinski definition) is 4. The zero-order chi connectivity index (χ0) is 16.4. The first-order valence-electron chi connectivity index (χ1n) is 6.91. The van der Waals surface area contributed by atoms with Crippen LogP contribution in [0, 0.1) is 13.8 Å². The number of carbonyl (C=O) groups is 2.